The van der Waals surface area contributed by atoms with Crippen molar-refractivity contribution >= 4 is 11.6 Å². The molecule has 0 aromatic heterocycles. The van der Waals surface area contributed by atoms with Crippen molar-refractivity contribution in [2.45, 2.75) is 24.8 Å². The van der Waals surface area contributed by atoms with Crippen molar-refractivity contribution in [3.05, 3.63) is 70.0 Å². The van der Waals surface area contributed by atoms with Gasteiger partial charge in [-0.05, 0) is 36.0 Å². The number of rotatable bonds is 4. The van der Waals surface area contributed by atoms with Crippen LogP contribution in [0.3, 0.4) is 0 Å². The molecule has 0 heterocycles. The topological polar surface area (TPSA) is 38.0 Å². The lowest BCUT2D eigenvalue weighted by Crippen LogP contribution is -2.32. The number of nitrogens with two attached hydrogens (primary N) is 1. The second-order valence-corrected chi connectivity index (χ2v) is 5.61. The number of hydrogen-bond donors (Lipinski definition) is 2. The van der Waals surface area contributed by atoms with Crippen LogP contribution in [0.4, 0.5) is 4.39 Å². The van der Waals surface area contributed by atoms with E-state index < -0.39 is 0 Å². The molecule has 3 N–H and O–H groups in total. The van der Waals surface area contributed by atoms with Crippen LogP contribution >= 0.6 is 11.6 Å². The van der Waals surface area contributed by atoms with E-state index in [1.807, 2.05) is 12.1 Å². The molecule has 0 amide bonds. The molecule has 0 spiro atoms. The maximum absolute atomic E-state index is 14.1. The standard InChI is InChI=1S/C16H16ClFN2/c17-14-7-3-6-13(16(14)18)15(20-19)9-11-8-10-4-1-2-5-12(10)11/h1-7,11,15,20H,8-9,19H2. The Morgan fingerprint density at radius 3 is 2.80 bits per heavy atom. The lowest BCUT2D eigenvalue weighted by molar-refractivity contribution is 0.422. The van der Waals surface area contributed by atoms with E-state index in [1.165, 1.54) is 11.1 Å². The number of nitrogens with one attached hydrogen (secondary N) is 1. The fourth-order valence-electron chi connectivity index (χ4n) is 2.93. The summed E-state index contributed by atoms with van der Waals surface area (Å²) in [6.45, 7) is 0. The molecule has 1 aliphatic rings. The largest absolute Gasteiger partial charge is 0.271 e. The predicted molar refractivity (Wildman–Crippen MR) is 79.0 cm³/mol. The van der Waals surface area contributed by atoms with E-state index in [4.69, 9.17) is 17.4 Å². The van der Waals surface area contributed by atoms with Gasteiger partial charge in [0.2, 0.25) is 0 Å². The van der Waals surface area contributed by atoms with Gasteiger partial charge < -0.3 is 0 Å². The Bertz CT molecular complexity index is 630. The van der Waals surface area contributed by atoms with Gasteiger partial charge in [0, 0.05) is 11.6 Å². The summed E-state index contributed by atoms with van der Waals surface area (Å²) >= 11 is 5.84. The molecule has 0 bridgehead atoms. The van der Waals surface area contributed by atoms with Crippen LogP contribution in [-0.2, 0) is 6.42 Å². The summed E-state index contributed by atoms with van der Waals surface area (Å²) in [6, 6.07) is 13.2. The Kier molecular flexibility index (Phi) is 3.74. The van der Waals surface area contributed by atoms with Crippen LogP contribution in [0.25, 0.3) is 0 Å². The molecule has 0 aliphatic heterocycles. The molecule has 3 rings (SSSR count). The molecule has 104 valence electrons. The first kappa shape index (κ1) is 13.6. The zero-order valence-corrected chi connectivity index (χ0v) is 11.7. The molecule has 2 nitrogen and oxygen atoms in total. The number of hydrazine groups is 1. The summed E-state index contributed by atoms with van der Waals surface area (Å²) in [5.41, 5.74) is 5.97. The third-order valence-corrected chi connectivity index (χ3v) is 4.33. The predicted octanol–water partition coefficient (Wildman–Crippen LogP) is 3.71. The third kappa shape index (κ3) is 2.33. The molecule has 2 unspecified atom stereocenters. The second-order valence-electron chi connectivity index (χ2n) is 5.20. The smallest absolute Gasteiger partial charge is 0.146 e. The fourth-order valence-corrected chi connectivity index (χ4v) is 3.11. The molecule has 0 saturated heterocycles. The van der Waals surface area contributed by atoms with Gasteiger partial charge in [0.25, 0.3) is 0 Å². The summed E-state index contributed by atoms with van der Waals surface area (Å²) in [4.78, 5) is 0. The van der Waals surface area contributed by atoms with E-state index in [1.54, 1.807) is 18.2 Å². The van der Waals surface area contributed by atoms with Gasteiger partial charge >= 0.3 is 0 Å². The van der Waals surface area contributed by atoms with Crippen molar-refractivity contribution in [1.82, 2.24) is 5.43 Å². The van der Waals surface area contributed by atoms with E-state index in [-0.39, 0.29) is 16.9 Å². The normalized spacial score (nSPS) is 18.2. The molecule has 20 heavy (non-hydrogen) atoms. The Balaban J connectivity index is 1.81. The summed E-state index contributed by atoms with van der Waals surface area (Å²) < 4.78 is 14.1. The average Bonchev–Trinajstić information content (AvgIpc) is 2.44. The fraction of sp³-hybridized carbons (Fsp3) is 0.250. The molecule has 2 aromatic rings. The maximum atomic E-state index is 14.1. The number of fused-ring (bicyclic) bond motifs is 1. The second kappa shape index (κ2) is 5.52. The van der Waals surface area contributed by atoms with Crippen molar-refractivity contribution in [1.29, 1.82) is 0 Å². The van der Waals surface area contributed by atoms with Gasteiger partial charge in [0.1, 0.15) is 5.82 Å². The Hall–Kier alpha value is -1.42. The SMILES string of the molecule is NNC(CC1Cc2ccccc21)c1cccc(Cl)c1F. The van der Waals surface area contributed by atoms with Gasteiger partial charge in [-0.15, -0.1) is 0 Å². The third-order valence-electron chi connectivity index (χ3n) is 4.04. The van der Waals surface area contributed by atoms with Gasteiger partial charge in [-0.3, -0.25) is 11.3 Å². The van der Waals surface area contributed by atoms with Crippen LogP contribution in [0, 0.1) is 5.82 Å². The molecule has 0 fully saturated rings. The lowest BCUT2D eigenvalue weighted by Gasteiger charge is -2.33. The minimum atomic E-state index is -0.385. The molecule has 4 heteroatoms. The van der Waals surface area contributed by atoms with Crippen LogP contribution in [0.5, 0.6) is 0 Å². The van der Waals surface area contributed by atoms with Crippen LogP contribution < -0.4 is 11.3 Å². The van der Waals surface area contributed by atoms with Crippen LogP contribution in [0.1, 0.15) is 35.1 Å². The molecule has 2 atom stereocenters. The highest BCUT2D eigenvalue weighted by atomic mass is 35.5. The zero-order chi connectivity index (χ0) is 14.1. The van der Waals surface area contributed by atoms with E-state index in [9.17, 15) is 4.39 Å². The summed E-state index contributed by atoms with van der Waals surface area (Å²) in [5, 5.41) is 0.136. The highest BCUT2D eigenvalue weighted by Gasteiger charge is 2.29. The summed E-state index contributed by atoms with van der Waals surface area (Å²) in [5.74, 6) is 5.65. The first-order valence-electron chi connectivity index (χ1n) is 6.68. The van der Waals surface area contributed by atoms with E-state index >= 15 is 0 Å². The molecule has 2 aromatic carbocycles. The highest BCUT2D eigenvalue weighted by Crippen LogP contribution is 2.41. The first-order valence-corrected chi connectivity index (χ1v) is 7.06. The van der Waals surface area contributed by atoms with Gasteiger partial charge in [-0.25, -0.2) is 4.39 Å². The van der Waals surface area contributed by atoms with E-state index in [0.29, 0.717) is 11.5 Å². The minimum absolute atomic E-state index is 0.136. The van der Waals surface area contributed by atoms with Gasteiger partial charge in [-0.1, -0.05) is 48.0 Å². The molecule has 0 saturated carbocycles. The maximum Gasteiger partial charge on any atom is 0.146 e. The quantitative estimate of drug-likeness (QED) is 0.665. The first-order chi connectivity index (χ1) is 9.70. The molecular weight excluding hydrogens is 275 g/mol. The van der Waals surface area contributed by atoms with E-state index in [2.05, 4.69) is 17.6 Å². The Labute approximate surface area is 122 Å². The van der Waals surface area contributed by atoms with Gasteiger partial charge in [0.05, 0.1) is 5.02 Å². The van der Waals surface area contributed by atoms with Crippen molar-refractivity contribution in [2.75, 3.05) is 0 Å². The summed E-state index contributed by atoms with van der Waals surface area (Å²) in [7, 11) is 0. The zero-order valence-electron chi connectivity index (χ0n) is 10.9. The van der Waals surface area contributed by atoms with Crippen LogP contribution in [-0.4, -0.2) is 0 Å². The summed E-state index contributed by atoms with van der Waals surface area (Å²) in [6.07, 6.45) is 1.79. The monoisotopic (exact) mass is 290 g/mol. The number of halogens is 2. The van der Waals surface area contributed by atoms with E-state index in [0.717, 1.165) is 12.8 Å². The highest BCUT2D eigenvalue weighted by molar-refractivity contribution is 6.30. The molecular formula is C16H16ClFN2. The lowest BCUT2D eigenvalue weighted by atomic mass is 9.74. The number of hydrogen-bond acceptors (Lipinski definition) is 2. The Morgan fingerprint density at radius 1 is 1.25 bits per heavy atom. The molecule has 1 aliphatic carbocycles. The average molecular weight is 291 g/mol. The van der Waals surface area contributed by atoms with Gasteiger partial charge in [-0.2, -0.15) is 0 Å². The van der Waals surface area contributed by atoms with Crippen molar-refractivity contribution in [3.63, 3.8) is 0 Å². The minimum Gasteiger partial charge on any atom is -0.271 e. The van der Waals surface area contributed by atoms with Crippen molar-refractivity contribution in [2.24, 2.45) is 5.84 Å². The van der Waals surface area contributed by atoms with Crippen LogP contribution in [0.2, 0.25) is 5.02 Å². The van der Waals surface area contributed by atoms with Gasteiger partial charge in [0.15, 0.2) is 0 Å². The number of benzene rings is 2. The van der Waals surface area contributed by atoms with Crippen molar-refractivity contribution < 1.29 is 4.39 Å². The van der Waals surface area contributed by atoms with Crippen molar-refractivity contribution in [3.8, 4) is 0 Å². The Morgan fingerprint density at radius 2 is 2.05 bits per heavy atom. The van der Waals surface area contributed by atoms with Crippen LogP contribution in [0.15, 0.2) is 42.5 Å². The molecule has 0 radical (unpaired) electrons.